The first-order chi connectivity index (χ1) is 18.4. The SMILES string of the molecule is O=S(=O)(C1=C(S(=O)(=O)c2ccccc2)[C@H]2C=C[C@@H]1C2=C(c1ccccc1)c1ccccc1)c1ccccc1. The van der Waals surface area contributed by atoms with Crippen molar-refractivity contribution in [3.63, 3.8) is 0 Å². The summed E-state index contributed by atoms with van der Waals surface area (Å²) in [5, 5.41) is 0. The molecule has 6 heteroatoms. The molecule has 2 aliphatic carbocycles. The van der Waals surface area contributed by atoms with Crippen LogP contribution in [-0.4, -0.2) is 16.8 Å². The molecule has 2 atom stereocenters. The van der Waals surface area contributed by atoms with Gasteiger partial charge in [-0.05, 0) is 46.5 Å². The Morgan fingerprint density at radius 2 is 0.763 bits per heavy atom. The molecule has 4 aromatic carbocycles. The first-order valence-electron chi connectivity index (χ1n) is 12.3. The molecule has 2 bridgehead atoms. The predicted molar refractivity (Wildman–Crippen MR) is 149 cm³/mol. The van der Waals surface area contributed by atoms with Crippen molar-refractivity contribution in [1.82, 2.24) is 0 Å². The third-order valence-electron chi connectivity index (χ3n) is 7.07. The minimum absolute atomic E-state index is 0.0561. The van der Waals surface area contributed by atoms with E-state index in [1.165, 1.54) is 24.3 Å². The zero-order valence-electron chi connectivity index (χ0n) is 20.3. The number of hydrogen-bond donors (Lipinski definition) is 0. The summed E-state index contributed by atoms with van der Waals surface area (Å²) in [5.41, 5.74) is 3.43. The van der Waals surface area contributed by atoms with Gasteiger partial charge in [0.2, 0.25) is 19.7 Å². The van der Waals surface area contributed by atoms with Crippen molar-refractivity contribution in [2.75, 3.05) is 0 Å². The first kappa shape index (κ1) is 24.3. The summed E-state index contributed by atoms with van der Waals surface area (Å²) in [6.07, 6.45) is 3.68. The van der Waals surface area contributed by atoms with Gasteiger partial charge < -0.3 is 0 Å². The van der Waals surface area contributed by atoms with Crippen molar-refractivity contribution in [2.24, 2.45) is 11.8 Å². The molecule has 0 amide bonds. The smallest absolute Gasteiger partial charge is 0.204 e. The van der Waals surface area contributed by atoms with Crippen LogP contribution in [0.25, 0.3) is 5.57 Å². The molecule has 0 saturated carbocycles. The van der Waals surface area contributed by atoms with Crippen LogP contribution in [0.1, 0.15) is 11.1 Å². The fourth-order valence-electron chi connectivity index (χ4n) is 5.46. The van der Waals surface area contributed by atoms with Gasteiger partial charge in [-0.25, -0.2) is 16.8 Å². The Kier molecular flexibility index (Phi) is 6.01. The largest absolute Gasteiger partial charge is 0.219 e. The summed E-state index contributed by atoms with van der Waals surface area (Å²) in [5.74, 6) is -1.40. The van der Waals surface area contributed by atoms with Gasteiger partial charge >= 0.3 is 0 Å². The third-order valence-corrected chi connectivity index (χ3v) is 11.1. The van der Waals surface area contributed by atoms with Gasteiger partial charge in [0, 0.05) is 11.8 Å². The van der Waals surface area contributed by atoms with Gasteiger partial charge in [0.25, 0.3) is 0 Å². The summed E-state index contributed by atoms with van der Waals surface area (Å²) in [4.78, 5) is 0.0490. The van der Waals surface area contributed by atoms with E-state index in [4.69, 9.17) is 0 Å². The lowest BCUT2D eigenvalue weighted by Gasteiger charge is -2.18. The van der Waals surface area contributed by atoms with E-state index in [1.54, 1.807) is 36.4 Å². The molecule has 0 fully saturated rings. The number of benzene rings is 4. The Balaban J connectivity index is 1.68. The Labute approximate surface area is 223 Å². The zero-order valence-corrected chi connectivity index (χ0v) is 21.9. The molecular formula is C32H24O4S2. The molecule has 188 valence electrons. The van der Waals surface area contributed by atoms with Gasteiger partial charge in [-0.3, -0.25) is 0 Å². The average Bonchev–Trinajstić information content (AvgIpc) is 3.52. The third kappa shape index (κ3) is 3.88. The molecule has 0 unspecified atom stereocenters. The maximum atomic E-state index is 14.2. The van der Waals surface area contributed by atoms with Crippen molar-refractivity contribution in [3.8, 4) is 0 Å². The molecule has 0 spiro atoms. The summed E-state index contributed by atoms with van der Waals surface area (Å²) >= 11 is 0. The van der Waals surface area contributed by atoms with E-state index in [1.807, 2.05) is 72.8 Å². The molecule has 0 aliphatic heterocycles. The predicted octanol–water partition coefficient (Wildman–Crippen LogP) is 6.46. The zero-order chi connectivity index (χ0) is 26.3. The first-order valence-corrected chi connectivity index (χ1v) is 15.2. The maximum Gasteiger partial charge on any atom is 0.204 e. The van der Waals surface area contributed by atoms with Gasteiger partial charge in [0.05, 0.1) is 19.6 Å². The van der Waals surface area contributed by atoms with Crippen molar-refractivity contribution >= 4 is 25.2 Å². The highest BCUT2D eigenvalue weighted by Gasteiger charge is 2.51. The van der Waals surface area contributed by atoms with Gasteiger partial charge in [-0.15, -0.1) is 0 Å². The molecule has 4 aromatic rings. The van der Waals surface area contributed by atoms with Crippen LogP contribution >= 0.6 is 0 Å². The quantitative estimate of drug-likeness (QED) is 0.265. The maximum absolute atomic E-state index is 14.2. The fourth-order valence-corrected chi connectivity index (χ4v) is 9.52. The lowest BCUT2D eigenvalue weighted by Crippen LogP contribution is -2.17. The minimum Gasteiger partial charge on any atom is -0.219 e. The highest BCUT2D eigenvalue weighted by atomic mass is 32.2. The van der Waals surface area contributed by atoms with E-state index < -0.39 is 31.5 Å². The minimum atomic E-state index is -4.13. The van der Waals surface area contributed by atoms with Gasteiger partial charge in [-0.2, -0.15) is 0 Å². The topological polar surface area (TPSA) is 68.3 Å². The van der Waals surface area contributed by atoms with Crippen LogP contribution in [0.3, 0.4) is 0 Å². The Hall–Kier alpha value is -4.00. The molecule has 0 aromatic heterocycles. The molecule has 2 aliphatic rings. The highest BCUT2D eigenvalue weighted by molar-refractivity contribution is 7.99. The number of sulfone groups is 2. The number of allylic oxidation sites excluding steroid dienone is 5. The molecule has 0 N–H and O–H groups in total. The van der Waals surface area contributed by atoms with Crippen LogP contribution in [0.2, 0.25) is 0 Å². The van der Waals surface area contributed by atoms with Gasteiger partial charge in [0.1, 0.15) is 0 Å². The van der Waals surface area contributed by atoms with Crippen LogP contribution in [-0.2, 0) is 19.7 Å². The molecule has 0 radical (unpaired) electrons. The Morgan fingerprint density at radius 1 is 0.447 bits per heavy atom. The monoisotopic (exact) mass is 536 g/mol. The van der Waals surface area contributed by atoms with E-state index in [2.05, 4.69) is 0 Å². The molecule has 0 saturated heterocycles. The van der Waals surface area contributed by atoms with Crippen molar-refractivity contribution in [2.45, 2.75) is 9.79 Å². The molecule has 4 nitrogen and oxygen atoms in total. The summed E-state index contributed by atoms with van der Waals surface area (Å²) in [6, 6.07) is 35.6. The van der Waals surface area contributed by atoms with Crippen LogP contribution in [0.5, 0.6) is 0 Å². The lowest BCUT2D eigenvalue weighted by atomic mass is 9.87. The summed E-state index contributed by atoms with van der Waals surface area (Å²) in [7, 11) is -8.25. The standard InChI is InChI=1S/C32H24O4S2/c33-37(34,25-17-9-3-10-18-25)31-27-21-22-28(32(31)38(35,36)26-19-11-4-12-20-26)30(27)29(23-13-5-1-6-14-23)24-15-7-2-8-16-24/h1-22,27-28H/t27-,28+. The van der Waals surface area contributed by atoms with Crippen LogP contribution in [0, 0.1) is 11.8 Å². The second-order valence-corrected chi connectivity index (χ2v) is 13.1. The van der Waals surface area contributed by atoms with E-state index in [0.717, 1.165) is 22.3 Å². The lowest BCUT2D eigenvalue weighted by molar-refractivity contribution is 0.594. The fraction of sp³-hybridized carbons (Fsp3) is 0.0625. The van der Waals surface area contributed by atoms with Crippen LogP contribution in [0.15, 0.2) is 159 Å². The Morgan fingerprint density at radius 3 is 1.11 bits per heavy atom. The van der Waals surface area contributed by atoms with Gasteiger partial charge in [-0.1, -0.05) is 109 Å². The highest BCUT2D eigenvalue weighted by Crippen LogP contribution is 2.56. The van der Waals surface area contributed by atoms with Gasteiger partial charge in [0.15, 0.2) is 0 Å². The van der Waals surface area contributed by atoms with E-state index in [-0.39, 0.29) is 19.6 Å². The van der Waals surface area contributed by atoms with E-state index in [9.17, 15) is 16.8 Å². The van der Waals surface area contributed by atoms with Crippen molar-refractivity contribution in [1.29, 1.82) is 0 Å². The number of fused-ring (bicyclic) bond motifs is 2. The summed E-state index contributed by atoms with van der Waals surface area (Å²) in [6.45, 7) is 0. The van der Waals surface area contributed by atoms with E-state index >= 15 is 0 Å². The molecular weight excluding hydrogens is 512 g/mol. The molecule has 38 heavy (non-hydrogen) atoms. The second-order valence-electron chi connectivity index (χ2n) is 9.26. The summed E-state index contributed by atoms with van der Waals surface area (Å²) < 4.78 is 56.7. The van der Waals surface area contributed by atoms with Crippen molar-refractivity contribution < 1.29 is 16.8 Å². The second kappa shape index (κ2) is 9.39. The van der Waals surface area contributed by atoms with E-state index in [0.29, 0.717) is 0 Å². The average molecular weight is 537 g/mol. The number of rotatable bonds is 6. The van der Waals surface area contributed by atoms with Crippen molar-refractivity contribution in [3.05, 3.63) is 160 Å². The van der Waals surface area contributed by atoms with Crippen LogP contribution < -0.4 is 0 Å². The molecule has 6 rings (SSSR count). The molecule has 0 heterocycles. The normalized spacial score (nSPS) is 18.7. The Bertz CT molecular complexity index is 1670. The number of hydrogen-bond acceptors (Lipinski definition) is 4. The van der Waals surface area contributed by atoms with Crippen LogP contribution in [0.4, 0.5) is 0 Å².